The van der Waals surface area contributed by atoms with Gasteiger partial charge in [0.1, 0.15) is 5.54 Å². The maximum absolute atomic E-state index is 5.13. The number of epoxide rings is 1. The van der Waals surface area contributed by atoms with Gasteiger partial charge < -0.3 is 4.74 Å². The van der Waals surface area contributed by atoms with Crippen LogP contribution in [0.4, 0.5) is 0 Å². The molecule has 2 heterocycles. The van der Waals surface area contributed by atoms with Gasteiger partial charge in [-0.2, -0.15) is 10.2 Å². The Labute approximate surface area is 73.7 Å². The van der Waals surface area contributed by atoms with Gasteiger partial charge in [0.05, 0.1) is 18.9 Å². The molecule has 1 saturated heterocycles. The average Bonchev–Trinajstić information content (AvgIpc) is 2.66. The SMILES string of the molecule is CC1(C[C@H]2CO2)N=NC=C1Br. The van der Waals surface area contributed by atoms with Crippen LogP contribution in [0.25, 0.3) is 0 Å². The van der Waals surface area contributed by atoms with Crippen molar-refractivity contribution >= 4 is 15.9 Å². The van der Waals surface area contributed by atoms with Gasteiger partial charge in [0.15, 0.2) is 0 Å². The molecular weight excluding hydrogens is 208 g/mol. The molecule has 4 heteroatoms. The van der Waals surface area contributed by atoms with Gasteiger partial charge in [-0.15, -0.1) is 0 Å². The first-order valence-electron chi connectivity index (χ1n) is 3.60. The van der Waals surface area contributed by atoms with Crippen molar-refractivity contribution in [3.05, 3.63) is 10.7 Å². The molecule has 60 valence electrons. The lowest BCUT2D eigenvalue weighted by molar-refractivity contribution is 0.360. The standard InChI is InChI=1S/C7H9BrN2O/c1-7(2-5-4-11-5)6(8)3-9-10-7/h3,5H,2,4H2,1H3/t5-,7?/m0/s1. The third-order valence-corrected chi connectivity index (χ3v) is 3.05. The van der Waals surface area contributed by atoms with E-state index in [4.69, 9.17) is 4.74 Å². The van der Waals surface area contributed by atoms with Crippen LogP contribution in [0.15, 0.2) is 20.9 Å². The summed E-state index contributed by atoms with van der Waals surface area (Å²) in [6, 6.07) is 0. The molecule has 0 aromatic carbocycles. The van der Waals surface area contributed by atoms with Crippen LogP contribution >= 0.6 is 15.9 Å². The number of ether oxygens (including phenoxy) is 1. The normalized spacial score (nSPS) is 40.9. The van der Waals surface area contributed by atoms with E-state index in [9.17, 15) is 0 Å². The van der Waals surface area contributed by atoms with Crippen molar-refractivity contribution in [3.63, 3.8) is 0 Å². The van der Waals surface area contributed by atoms with Gasteiger partial charge in [-0.1, -0.05) is 15.9 Å². The second-order valence-electron chi connectivity index (χ2n) is 3.13. The molecule has 11 heavy (non-hydrogen) atoms. The van der Waals surface area contributed by atoms with Crippen LogP contribution in [0, 0.1) is 0 Å². The molecule has 0 saturated carbocycles. The second-order valence-corrected chi connectivity index (χ2v) is 3.98. The van der Waals surface area contributed by atoms with Crippen LogP contribution in [-0.2, 0) is 4.74 Å². The van der Waals surface area contributed by atoms with E-state index < -0.39 is 0 Å². The summed E-state index contributed by atoms with van der Waals surface area (Å²) in [7, 11) is 0. The van der Waals surface area contributed by atoms with E-state index in [1.807, 2.05) is 0 Å². The van der Waals surface area contributed by atoms with Crippen LogP contribution in [0.2, 0.25) is 0 Å². The summed E-state index contributed by atoms with van der Waals surface area (Å²) in [5.74, 6) is 0. The number of rotatable bonds is 2. The van der Waals surface area contributed by atoms with E-state index in [2.05, 4.69) is 33.1 Å². The fourth-order valence-corrected chi connectivity index (χ4v) is 1.49. The van der Waals surface area contributed by atoms with Gasteiger partial charge in [-0.05, 0) is 6.92 Å². The van der Waals surface area contributed by atoms with Crippen molar-refractivity contribution in [1.29, 1.82) is 0 Å². The van der Waals surface area contributed by atoms with E-state index in [0.717, 1.165) is 17.5 Å². The quantitative estimate of drug-likeness (QED) is 0.653. The molecule has 2 aliphatic rings. The summed E-state index contributed by atoms with van der Waals surface area (Å²) < 4.78 is 6.19. The lowest BCUT2D eigenvalue weighted by Gasteiger charge is -2.17. The van der Waals surface area contributed by atoms with Crippen LogP contribution in [0.5, 0.6) is 0 Å². The molecule has 0 aromatic heterocycles. The summed E-state index contributed by atoms with van der Waals surface area (Å²) in [4.78, 5) is 0. The Balaban J connectivity index is 2.07. The minimum atomic E-state index is -0.152. The maximum Gasteiger partial charge on any atom is 0.115 e. The Hall–Kier alpha value is -0.220. The highest BCUT2D eigenvalue weighted by Crippen LogP contribution is 2.38. The summed E-state index contributed by atoms with van der Waals surface area (Å²) in [6.07, 6.45) is 3.09. The Bertz CT molecular complexity index is 235. The zero-order valence-corrected chi connectivity index (χ0v) is 7.84. The smallest absolute Gasteiger partial charge is 0.115 e. The third kappa shape index (κ3) is 1.37. The molecule has 1 fully saturated rings. The Morgan fingerprint density at radius 2 is 2.64 bits per heavy atom. The third-order valence-electron chi connectivity index (χ3n) is 1.99. The zero-order valence-electron chi connectivity index (χ0n) is 6.25. The van der Waals surface area contributed by atoms with Gasteiger partial charge in [0.2, 0.25) is 0 Å². The second kappa shape index (κ2) is 2.38. The molecule has 0 radical (unpaired) electrons. The molecular formula is C7H9BrN2O. The van der Waals surface area contributed by atoms with E-state index in [1.54, 1.807) is 6.20 Å². The molecule has 0 aromatic rings. The molecule has 0 aliphatic carbocycles. The van der Waals surface area contributed by atoms with Crippen LogP contribution in [0.1, 0.15) is 13.3 Å². The molecule has 2 atom stereocenters. The summed E-state index contributed by atoms with van der Waals surface area (Å²) in [5, 5.41) is 7.99. The maximum atomic E-state index is 5.13. The Morgan fingerprint density at radius 1 is 1.91 bits per heavy atom. The fourth-order valence-electron chi connectivity index (χ4n) is 1.16. The summed E-state index contributed by atoms with van der Waals surface area (Å²) >= 11 is 3.44. The van der Waals surface area contributed by atoms with E-state index in [1.165, 1.54) is 0 Å². The Kier molecular flexibility index (Phi) is 1.61. The predicted octanol–water partition coefficient (Wildman–Crippen LogP) is 2.24. The van der Waals surface area contributed by atoms with Gasteiger partial charge >= 0.3 is 0 Å². The van der Waals surface area contributed by atoms with Gasteiger partial charge in [-0.25, -0.2) is 0 Å². The molecule has 0 N–H and O–H groups in total. The van der Waals surface area contributed by atoms with Crippen molar-refractivity contribution in [2.24, 2.45) is 10.2 Å². The fraction of sp³-hybridized carbons (Fsp3) is 0.714. The molecule has 0 spiro atoms. The van der Waals surface area contributed by atoms with Crippen molar-refractivity contribution in [1.82, 2.24) is 0 Å². The van der Waals surface area contributed by atoms with Crippen LogP contribution < -0.4 is 0 Å². The van der Waals surface area contributed by atoms with E-state index in [-0.39, 0.29) is 5.54 Å². The van der Waals surface area contributed by atoms with Crippen molar-refractivity contribution in [2.75, 3.05) is 6.61 Å². The molecule has 0 bridgehead atoms. The van der Waals surface area contributed by atoms with Gasteiger partial charge in [0, 0.05) is 10.9 Å². The van der Waals surface area contributed by atoms with Crippen molar-refractivity contribution < 1.29 is 4.74 Å². The first-order chi connectivity index (χ1) is 5.21. The number of halogens is 1. The highest BCUT2D eigenvalue weighted by molar-refractivity contribution is 9.11. The van der Waals surface area contributed by atoms with Gasteiger partial charge in [0.25, 0.3) is 0 Å². The highest BCUT2D eigenvalue weighted by Gasteiger charge is 2.38. The average molecular weight is 217 g/mol. The number of hydrogen-bond acceptors (Lipinski definition) is 3. The topological polar surface area (TPSA) is 37.2 Å². The van der Waals surface area contributed by atoms with Crippen LogP contribution in [-0.4, -0.2) is 18.2 Å². The first-order valence-corrected chi connectivity index (χ1v) is 4.40. The lowest BCUT2D eigenvalue weighted by atomic mass is 9.98. The largest absolute Gasteiger partial charge is 0.373 e. The van der Waals surface area contributed by atoms with E-state index >= 15 is 0 Å². The minimum absolute atomic E-state index is 0.152. The van der Waals surface area contributed by atoms with Crippen LogP contribution in [0.3, 0.4) is 0 Å². The summed E-state index contributed by atoms with van der Waals surface area (Å²) in [5.41, 5.74) is -0.152. The van der Waals surface area contributed by atoms with E-state index in [0.29, 0.717) is 6.10 Å². The van der Waals surface area contributed by atoms with Gasteiger partial charge in [-0.3, -0.25) is 0 Å². The van der Waals surface area contributed by atoms with Crippen molar-refractivity contribution in [2.45, 2.75) is 25.0 Å². The lowest BCUT2D eigenvalue weighted by Crippen LogP contribution is -2.21. The first kappa shape index (κ1) is 7.43. The Morgan fingerprint density at radius 3 is 3.09 bits per heavy atom. The highest BCUT2D eigenvalue weighted by atomic mass is 79.9. The number of hydrogen-bond donors (Lipinski definition) is 0. The number of azo groups is 1. The van der Waals surface area contributed by atoms with Crippen molar-refractivity contribution in [3.8, 4) is 0 Å². The predicted molar refractivity (Wildman–Crippen MR) is 44.6 cm³/mol. The minimum Gasteiger partial charge on any atom is -0.373 e. The molecule has 2 rings (SSSR count). The summed E-state index contributed by atoms with van der Waals surface area (Å²) in [6.45, 7) is 2.94. The zero-order chi connectivity index (χ0) is 7.90. The monoisotopic (exact) mass is 216 g/mol. The number of nitrogens with zero attached hydrogens (tertiary/aromatic N) is 2. The molecule has 1 unspecified atom stereocenters. The molecule has 2 aliphatic heterocycles. The molecule has 3 nitrogen and oxygen atoms in total. The molecule has 0 amide bonds.